The maximum atomic E-state index is 9.83. The van der Waals surface area contributed by atoms with Gasteiger partial charge in [-0.1, -0.05) is 136 Å². The van der Waals surface area contributed by atoms with Gasteiger partial charge in [0.15, 0.2) is 0 Å². The second-order valence-corrected chi connectivity index (χ2v) is 9.13. The molecule has 0 rings (SSSR count). The van der Waals surface area contributed by atoms with Crippen LogP contribution in [0.4, 0.5) is 0 Å². The van der Waals surface area contributed by atoms with E-state index in [4.69, 9.17) is 0 Å². The van der Waals surface area contributed by atoms with Gasteiger partial charge in [-0.2, -0.15) is 0 Å². The predicted octanol–water partition coefficient (Wildman–Crippen LogP) is 8.83. The third-order valence-corrected chi connectivity index (χ3v) is 6.15. The second kappa shape index (κ2) is 19.7. The molecule has 0 amide bonds. The molecule has 158 valence electrons. The van der Waals surface area contributed by atoms with E-state index in [1.54, 1.807) is 0 Å². The maximum absolute atomic E-state index is 9.83. The molecule has 0 aliphatic heterocycles. The molecule has 0 aromatic heterocycles. The van der Waals surface area contributed by atoms with Gasteiger partial charge >= 0.3 is 0 Å². The summed E-state index contributed by atoms with van der Waals surface area (Å²) in [6.07, 6.45) is 27.5. The molecule has 0 radical (unpaired) electrons. The summed E-state index contributed by atoms with van der Waals surface area (Å²) in [7, 11) is 0. The SMILES string of the molecule is CCCCCCCCCCCC[C@@](C)(CO)CCCCCCCCCC. The third-order valence-electron chi connectivity index (χ3n) is 6.15. The van der Waals surface area contributed by atoms with Crippen molar-refractivity contribution in [3.8, 4) is 0 Å². The molecular formula is C25H52O. The molecule has 1 atom stereocenters. The fourth-order valence-electron chi connectivity index (χ4n) is 4.01. The van der Waals surface area contributed by atoms with Crippen molar-refractivity contribution in [2.24, 2.45) is 5.41 Å². The molecule has 0 bridgehead atoms. The molecule has 0 aromatic carbocycles. The number of aliphatic hydroxyl groups excluding tert-OH is 1. The van der Waals surface area contributed by atoms with Gasteiger partial charge in [0.05, 0.1) is 0 Å². The molecule has 0 unspecified atom stereocenters. The van der Waals surface area contributed by atoms with Crippen LogP contribution in [0.5, 0.6) is 0 Å². The number of rotatable bonds is 21. The largest absolute Gasteiger partial charge is 0.396 e. The van der Waals surface area contributed by atoms with Crippen LogP contribution in [0.1, 0.15) is 149 Å². The normalized spacial score (nSPS) is 13.8. The lowest BCUT2D eigenvalue weighted by molar-refractivity contribution is 0.116. The maximum Gasteiger partial charge on any atom is 0.0484 e. The zero-order valence-corrected chi connectivity index (χ0v) is 18.8. The van der Waals surface area contributed by atoms with Crippen LogP contribution in [0.2, 0.25) is 0 Å². The van der Waals surface area contributed by atoms with Crippen molar-refractivity contribution in [3.05, 3.63) is 0 Å². The lowest BCUT2D eigenvalue weighted by Gasteiger charge is -2.27. The lowest BCUT2D eigenvalue weighted by Crippen LogP contribution is -2.21. The van der Waals surface area contributed by atoms with E-state index in [0.29, 0.717) is 6.61 Å². The first-order valence-electron chi connectivity index (χ1n) is 12.3. The van der Waals surface area contributed by atoms with Crippen LogP contribution in [0.15, 0.2) is 0 Å². The Morgan fingerprint density at radius 1 is 0.462 bits per heavy atom. The van der Waals surface area contributed by atoms with E-state index in [9.17, 15) is 5.11 Å². The van der Waals surface area contributed by atoms with E-state index >= 15 is 0 Å². The first kappa shape index (κ1) is 26.0. The smallest absolute Gasteiger partial charge is 0.0484 e. The summed E-state index contributed by atoms with van der Waals surface area (Å²) in [4.78, 5) is 0. The first-order chi connectivity index (χ1) is 12.7. The van der Waals surface area contributed by atoms with Crippen molar-refractivity contribution in [2.45, 2.75) is 149 Å². The standard InChI is InChI=1S/C25H52O/c1-4-6-8-10-12-14-15-17-19-21-23-25(3,24-26)22-20-18-16-13-11-9-7-5-2/h26H,4-24H2,1-3H3/t25-/m0/s1. The van der Waals surface area contributed by atoms with Crippen molar-refractivity contribution in [1.82, 2.24) is 0 Å². The van der Waals surface area contributed by atoms with Crippen molar-refractivity contribution in [2.75, 3.05) is 6.61 Å². The van der Waals surface area contributed by atoms with Crippen molar-refractivity contribution < 1.29 is 5.11 Å². The number of unbranched alkanes of at least 4 members (excludes halogenated alkanes) is 16. The molecule has 0 fully saturated rings. The zero-order chi connectivity index (χ0) is 19.3. The van der Waals surface area contributed by atoms with E-state index in [0.717, 1.165) is 0 Å². The number of hydrogen-bond acceptors (Lipinski definition) is 1. The molecule has 26 heavy (non-hydrogen) atoms. The molecule has 0 saturated heterocycles. The van der Waals surface area contributed by atoms with Gasteiger partial charge in [-0.15, -0.1) is 0 Å². The molecule has 1 heteroatoms. The summed E-state index contributed by atoms with van der Waals surface area (Å²) in [6.45, 7) is 7.25. The predicted molar refractivity (Wildman–Crippen MR) is 119 cm³/mol. The molecule has 0 heterocycles. The summed E-state index contributed by atoms with van der Waals surface area (Å²) in [5, 5.41) is 9.83. The summed E-state index contributed by atoms with van der Waals surface area (Å²) in [5.41, 5.74) is 0.183. The Kier molecular flexibility index (Phi) is 19.7. The van der Waals surface area contributed by atoms with Gasteiger partial charge in [0, 0.05) is 6.61 Å². The quantitative estimate of drug-likeness (QED) is 0.201. The molecule has 0 aromatic rings. The highest BCUT2D eigenvalue weighted by molar-refractivity contribution is 4.73. The van der Waals surface area contributed by atoms with Crippen molar-refractivity contribution in [1.29, 1.82) is 0 Å². The first-order valence-corrected chi connectivity index (χ1v) is 12.3. The Balaban J connectivity index is 3.48. The minimum absolute atomic E-state index is 0.183. The van der Waals surface area contributed by atoms with Gasteiger partial charge in [0.25, 0.3) is 0 Å². The Morgan fingerprint density at radius 2 is 0.731 bits per heavy atom. The highest BCUT2D eigenvalue weighted by Crippen LogP contribution is 2.31. The molecule has 0 spiro atoms. The van der Waals surface area contributed by atoms with E-state index < -0.39 is 0 Å². The van der Waals surface area contributed by atoms with Crippen molar-refractivity contribution >= 4 is 0 Å². The van der Waals surface area contributed by atoms with Gasteiger partial charge in [-0.3, -0.25) is 0 Å². The lowest BCUT2D eigenvalue weighted by atomic mass is 9.80. The Morgan fingerprint density at radius 3 is 1.00 bits per heavy atom. The Hall–Kier alpha value is -0.0400. The van der Waals surface area contributed by atoms with E-state index in [2.05, 4.69) is 20.8 Å². The average Bonchev–Trinajstić information content (AvgIpc) is 2.65. The summed E-state index contributed by atoms with van der Waals surface area (Å²) < 4.78 is 0. The van der Waals surface area contributed by atoms with Crippen LogP contribution in [0.25, 0.3) is 0 Å². The van der Waals surface area contributed by atoms with Gasteiger partial charge in [-0.05, 0) is 18.3 Å². The highest BCUT2D eigenvalue weighted by Gasteiger charge is 2.22. The van der Waals surface area contributed by atoms with Crippen LogP contribution in [-0.4, -0.2) is 11.7 Å². The van der Waals surface area contributed by atoms with Crippen LogP contribution in [0.3, 0.4) is 0 Å². The van der Waals surface area contributed by atoms with Crippen LogP contribution >= 0.6 is 0 Å². The summed E-state index contributed by atoms with van der Waals surface area (Å²) in [6, 6.07) is 0. The van der Waals surface area contributed by atoms with Crippen LogP contribution in [0, 0.1) is 5.41 Å². The molecule has 1 nitrogen and oxygen atoms in total. The third kappa shape index (κ3) is 17.4. The number of hydrogen-bond donors (Lipinski definition) is 1. The molecule has 0 saturated carbocycles. The van der Waals surface area contributed by atoms with Gasteiger partial charge in [-0.25, -0.2) is 0 Å². The van der Waals surface area contributed by atoms with Gasteiger partial charge in [0.1, 0.15) is 0 Å². The molecule has 0 aliphatic carbocycles. The van der Waals surface area contributed by atoms with Crippen LogP contribution in [-0.2, 0) is 0 Å². The van der Waals surface area contributed by atoms with E-state index in [1.807, 2.05) is 0 Å². The Bertz CT molecular complexity index is 263. The topological polar surface area (TPSA) is 20.2 Å². The zero-order valence-electron chi connectivity index (χ0n) is 18.8. The second-order valence-electron chi connectivity index (χ2n) is 9.13. The molecule has 1 N–H and O–H groups in total. The minimum Gasteiger partial charge on any atom is -0.396 e. The number of aliphatic hydroxyl groups is 1. The molecular weight excluding hydrogens is 316 g/mol. The fourth-order valence-corrected chi connectivity index (χ4v) is 4.01. The van der Waals surface area contributed by atoms with E-state index in [-0.39, 0.29) is 5.41 Å². The summed E-state index contributed by atoms with van der Waals surface area (Å²) >= 11 is 0. The monoisotopic (exact) mass is 368 g/mol. The molecule has 0 aliphatic rings. The van der Waals surface area contributed by atoms with E-state index in [1.165, 1.54) is 128 Å². The average molecular weight is 369 g/mol. The highest BCUT2D eigenvalue weighted by atomic mass is 16.3. The van der Waals surface area contributed by atoms with Crippen LogP contribution < -0.4 is 0 Å². The fraction of sp³-hybridized carbons (Fsp3) is 1.00. The van der Waals surface area contributed by atoms with Gasteiger partial charge < -0.3 is 5.11 Å². The summed E-state index contributed by atoms with van der Waals surface area (Å²) in [5.74, 6) is 0. The Labute approximate surface area is 166 Å². The minimum atomic E-state index is 0.183. The van der Waals surface area contributed by atoms with Gasteiger partial charge in [0.2, 0.25) is 0 Å². The van der Waals surface area contributed by atoms with Crippen molar-refractivity contribution in [3.63, 3.8) is 0 Å².